The number of halogens is 1. The normalized spacial score (nSPS) is 20.2. The van der Waals surface area contributed by atoms with Crippen LogP contribution in [0.15, 0.2) is 5.11 Å². The Labute approximate surface area is 311 Å². The van der Waals surface area contributed by atoms with Crippen molar-refractivity contribution in [3.63, 3.8) is 0 Å². The summed E-state index contributed by atoms with van der Waals surface area (Å²) in [7, 11) is 0. The van der Waals surface area contributed by atoms with Crippen molar-refractivity contribution in [2.75, 3.05) is 39.6 Å². The quantitative estimate of drug-likeness (QED) is 0.0207. The minimum absolute atomic E-state index is 0.0134. The van der Waals surface area contributed by atoms with Crippen LogP contribution in [-0.4, -0.2) is 88.3 Å². The smallest absolute Gasteiger partial charge is 0.186 e. The highest BCUT2D eigenvalue weighted by molar-refractivity contribution is 4.91. The lowest BCUT2D eigenvalue weighted by atomic mass is 10.00. The molecule has 1 fully saturated rings. The topological polar surface area (TPSA) is 113 Å². The van der Waals surface area contributed by atoms with Gasteiger partial charge in [0.1, 0.15) is 18.4 Å². The van der Waals surface area contributed by atoms with E-state index in [4.69, 9.17) is 33.2 Å². The third-order valence-electron chi connectivity index (χ3n) is 9.38. The van der Waals surface area contributed by atoms with Crippen LogP contribution in [-0.2, 0) is 33.2 Å². The largest absolute Gasteiger partial charge is 0.379 e. The monoisotopic (exact) mass is 732 g/mol. The van der Waals surface area contributed by atoms with E-state index in [0.717, 1.165) is 57.8 Å². The summed E-state index contributed by atoms with van der Waals surface area (Å²) < 4.78 is 58.3. The van der Waals surface area contributed by atoms with Gasteiger partial charge in [-0.3, -0.25) is 0 Å². The highest BCUT2D eigenvalue weighted by atomic mass is 19.1. The van der Waals surface area contributed by atoms with Gasteiger partial charge in [-0.25, -0.2) is 4.39 Å². The van der Waals surface area contributed by atoms with E-state index in [1.165, 1.54) is 71.1 Å². The van der Waals surface area contributed by atoms with E-state index >= 15 is 0 Å². The van der Waals surface area contributed by atoms with Gasteiger partial charge in [0.25, 0.3) is 0 Å². The Morgan fingerprint density at radius 1 is 0.667 bits per heavy atom. The number of nitrogens with zero attached hydrogens (tertiary/aromatic N) is 3. The van der Waals surface area contributed by atoms with E-state index in [-0.39, 0.29) is 25.9 Å². The van der Waals surface area contributed by atoms with Gasteiger partial charge in [0.15, 0.2) is 12.1 Å². The Hall–Kier alpha value is -1.04. The summed E-state index contributed by atoms with van der Waals surface area (Å²) in [4.78, 5) is 3.16. The van der Waals surface area contributed by atoms with Gasteiger partial charge in [-0.05, 0) is 52.0 Å². The molecule has 0 radical (unpaired) electrons. The van der Waals surface area contributed by atoms with Gasteiger partial charge in [-0.15, -0.1) is 0 Å². The molecule has 0 aromatic heterocycles. The summed E-state index contributed by atoms with van der Waals surface area (Å²) in [6, 6.07) is -0.690. The average molecular weight is 732 g/mol. The summed E-state index contributed by atoms with van der Waals surface area (Å²) in [6.07, 6.45) is 17.2. The number of rotatable bonds is 36. The van der Waals surface area contributed by atoms with Crippen molar-refractivity contribution in [1.82, 2.24) is 0 Å². The van der Waals surface area contributed by atoms with Gasteiger partial charge in [0.05, 0.1) is 38.1 Å². The summed E-state index contributed by atoms with van der Waals surface area (Å²) in [5, 5.41) is 4.13. The Balaban J connectivity index is 2.94. The standard InChI is InChI=1S/C40H78FN3O7/c1-8-12-16-17-18-19-20-21-22-23-24-25-26-35-38(51-40(6,7)50-35)34(43-44-42)30-48-39(49-36(33(5)41)31-45-27-13-9-2)37(47-29-15-11-4)32-46-28-14-10-3/h33-39H,8-32H2,1-7H3/t33-,34-,35+,36?,37+,38-,39-/m0/s1. The van der Waals surface area contributed by atoms with Crippen LogP contribution in [0.4, 0.5) is 4.39 Å². The van der Waals surface area contributed by atoms with Crippen LogP contribution < -0.4 is 0 Å². The third kappa shape index (κ3) is 23.4. The van der Waals surface area contributed by atoms with E-state index in [0.29, 0.717) is 19.8 Å². The molecule has 1 aliphatic rings. The first-order valence-corrected chi connectivity index (χ1v) is 20.8. The lowest BCUT2D eigenvalue weighted by molar-refractivity contribution is -0.253. The molecule has 0 aromatic carbocycles. The van der Waals surface area contributed by atoms with Crippen LogP contribution in [0.3, 0.4) is 0 Å². The highest BCUT2D eigenvalue weighted by Crippen LogP contribution is 2.34. The highest BCUT2D eigenvalue weighted by Gasteiger charge is 2.45. The van der Waals surface area contributed by atoms with Gasteiger partial charge < -0.3 is 33.2 Å². The van der Waals surface area contributed by atoms with Crippen LogP contribution in [0, 0.1) is 0 Å². The Morgan fingerprint density at radius 3 is 1.71 bits per heavy atom. The van der Waals surface area contributed by atoms with E-state index in [2.05, 4.69) is 37.7 Å². The Morgan fingerprint density at radius 2 is 1.18 bits per heavy atom. The molecule has 1 aliphatic heterocycles. The predicted molar refractivity (Wildman–Crippen MR) is 204 cm³/mol. The summed E-state index contributed by atoms with van der Waals surface area (Å²) >= 11 is 0. The number of azide groups is 1. The van der Waals surface area contributed by atoms with Gasteiger partial charge in [-0.2, -0.15) is 0 Å². The fourth-order valence-electron chi connectivity index (χ4n) is 6.22. The number of hydrogen-bond donors (Lipinski definition) is 0. The van der Waals surface area contributed by atoms with E-state index in [1.807, 2.05) is 13.8 Å². The Bertz CT molecular complexity index is 849. The van der Waals surface area contributed by atoms with E-state index in [9.17, 15) is 9.92 Å². The SMILES string of the molecule is CCCCCCCCCCCCCC[C@H]1OC(C)(C)O[C@H]1[C@H](CO[C@@H](OC(COCCCC)[C@H](C)F)[C@@H](COCCCC)OCCCC)N=[N+]=[N-]. The number of ether oxygens (including phenoxy) is 7. The van der Waals surface area contributed by atoms with Crippen LogP contribution in [0.5, 0.6) is 0 Å². The number of unbranched alkanes of at least 4 members (excludes halogenated alkanes) is 14. The summed E-state index contributed by atoms with van der Waals surface area (Å²) in [5.74, 6) is -0.824. The van der Waals surface area contributed by atoms with Crippen molar-refractivity contribution < 1.29 is 37.5 Å². The molecule has 1 saturated heterocycles. The van der Waals surface area contributed by atoms with Crippen molar-refractivity contribution in [2.45, 2.75) is 219 Å². The molecule has 1 heterocycles. The number of hydrogen-bond acceptors (Lipinski definition) is 8. The molecule has 1 unspecified atom stereocenters. The van der Waals surface area contributed by atoms with E-state index < -0.39 is 42.6 Å². The fraction of sp³-hybridized carbons (Fsp3) is 1.00. The van der Waals surface area contributed by atoms with Crippen molar-refractivity contribution in [2.24, 2.45) is 5.11 Å². The zero-order valence-electron chi connectivity index (χ0n) is 33.8. The van der Waals surface area contributed by atoms with Crippen LogP contribution in [0.25, 0.3) is 10.4 Å². The first kappa shape index (κ1) is 48.0. The van der Waals surface area contributed by atoms with Crippen LogP contribution in [0.1, 0.15) is 170 Å². The maximum Gasteiger partial charge on any atom is 0.186 e. The average Bonchev–Trinajstić information content (AvgIpc) is 3.42. The molecule has 11 heteroatoms. The second kappa shape index (κ2) is 31.3. The minimum atomic E-state index is -1.31. The lowest BCUT2D eigenvalue weighted by Crippen LogP contribution is -2.46. The fourth-order valence-corrected chi connectivity index (χ4v) is 6.22. The molecule has 0 bridgehead atoms. The summed E-state index contributed by atoms with van der Waals surface area (Å²) in [6.45, 7) is 15.7. The molecular formula is C40H78FN3O7. The van der Waals surface area contributed by atoms with Gasteiger partial charge in [0, 0.05) is 24.7 Å². The summed E-state index contributed by atoms with van der Waals surface area (Å²) in [5.41, 5.74) is 9.61. The molecule has 0 amide bonds. The molecule has 0 aliphatic carbocycles. The van der Waals surface area contributed by atoms with Crippen molar-refractivity contribution >= 4 is 0 Å². The molecule has 302 valence electrons. The third-order valence-corrected chi connectivity index (χ3v) is 9.38. The minimum Gasteiger partial charge on any atom is -0.379 e. The van der Waals surface area contributed by atoms with Crippen molar-refractivity contribution in [1.29, 1.82) is 0 Å². The van der Waals surface area contributed by atoms with Gasteiger partial charge in [-0.1, -0.05) is 129 Å². The second-order valence-corrected chi connectivity index (χ2v) is 14.8. The second-order valence-electron chi connectivity index (χ2n) is 14.8. The first-order chi connectivity index (χ1) is 24.7. The van der Waals surface area contributed by atoms with E-state index in [1.54, 1.807) is 0 Å². The molecule has 51 heavy (non-hydrogen) atoms. The number of alkyl halides is 1. The molecule has 0 saturated carbocycles. The molecule has 1 rings (SSSR count). The maximum absolute atomic E-state index is 14.9. The zero-order chi connectivity index (χ0) is 37.6. The van der Waals surface area contributed by atoms with Crippen molar-refractivity contribution in [3.05, 3.63) is 10.4 Å². The molecule has 0 N–H and O–H groups in total. The molecular weight excluding hydrogens is 653 g/mol. The Kier molecular flexibility index (Phi) is 29.5. The van der Waals surface area contributed by atoms with Crippen LogP contribution >= 0.6 is 0 Å². The van der Waals surface area contributed by atoms with Gasteiger partial charge in [0.2, 0.25) is 0 Å². The zero-order valence-corrected chi connectivity index (χ0v) is 33.8. The van der Waals surface area contributed by atoms with Crippen LogP contribution in [0.2, 0.25) is 0 Å². The first-order valence-electron chi connectivity index (χ1n) is 20.8. The molecule has 0 aromatic rings. The molecule has 10 nitrogen and oxygen atoms in total. The van der Waals surface area contributed by atoms with Crippen molar-refractivity contribution in [3.8, 4) is 0 Å². The predicted octanol–water partition coefficient (Wildman–Crippen LogP) is 11.2. The maximum atomic E-state index is 14.9. The molecule has 7 atom stereocenters. The van der Waals surface area contributed by atoms with Gasteiger partial charge >= 0.3 is 0 Å². The molecule has 0 spiro atoms. The lowest BCUT2D eigenvalue weighted by Gasteiger charge is -2.33.